The number of hydrogen-bond acceptors (Lipinski definition) is 3. The Bertz CT molecular complexity index is 320. The molecule has 0 aromatic carbocycles. The number of urea groups is 1. The average molecular weight is 278 g/mol. The Morgan fingerprint density at radius 3 is 2.22 bits per heavy atom. The molecule has 106 valence electrons. The van der Waals surface area contributed by atoms with Crippen LogP contribution >= 0.6 is 0 Å². The molecule has 0 rings (SSSR count). The van der Waals surface area contributed by atoms with Gasteiger partial charge in [0.1, 0.15) is 6.04 Å². The van der Waals surface area contributed by atoms with Crippen LogP contribution in [0.4, 0.5) is 4.79 Å². The van der Waals surface area contributed by atoms with Crippen LogP contribution in [-0.4, -0.2) is 45.4 Å². The van der Waals surface area contributed by atoms with Crippen molar-refractivity contribution in [3.8, 4) is 0 Å². The lowest BCUT2D eigenvalue weighted by Crippen LogP contribution is -2.48. The van der Waals surface area contributed by atoms with Gasteiger partial charge in [-0.2, -0.15) is 0 Å². The van der Waals surface area contributed by atoms with E-state index in [1.54, 1.807) is 13.2 Å². The van der Waals surface area contributed by atoms with E-state index in [1.165, 1.54) is 0 Å². The van der Waals surface area contributed by atoms with Gasteiger partial charge in [-0.25, -0.2) is 9.59 Å². The van der Waals surface area contributed by atoms with Gasteiger partial charge in [0.2, 0.25) is 0 Å². The van der Waals surface area contributed by atoms with Crippen molar-refractivity contribution in [1.29, 1.82) is 0 Å². The van der Waals surface area contributed by atoms with Crippen LogP contribution < -0.4 is 10.6 Å². The Labute approximate surface area is 110 Å². The molecule has 0 aromatic rings. The van der Waals surface area contributed by atoms with Gasteiger partial charge >= 0.3 is 12.0 Å². The first-order chi connectivity index (χ1) is 8.23. The zero-order chi connectivity index (χ0) is 14.3. The normalized spacial score (nSPS) is 15.8. The summed E-state index contributed by atoms with van der Waals surface area (Å²) in [6.07, 6.45) is 1.93. The van der Waals surface area contributed by atoms with Crippen molar-refractivity contribution in [2.45, 2.75) is 38.5 Å². The minimum atomic E-state index is -1.05. The third kappa shape index (κ3) is 7.26. The van der Waals surface area contributed by atoms with E-state index in [1.807, 2.05) is 13.8 Å². The van der Waals surface area contributed by atoms with E-state index in [2.05, 4.69) is 10.6 Å². The second-order valence-electron chi connectivity index (χ2n) is 4.68. The third-order valence-corrected chi connectivity index (χ3v) is 3.73. The van der Waals surface area contributed by atoms with E-state index in [-0.39, 0.29) is 17.7 Å². The maximum absolute atomic E-state index is 11.5. The van der Waals surface area contributed by atoms with E-state index in [9.17, 15) is 13.8 Å². The molecule has 3 atom stereocenters. The van der Waals surface area contributed by atoms with Gasteiger partial charge in [-0.05, 0) is 19.3 Å². The van der Waals surface area contributed by atoms with Gasteiger partial charge in [-0.15, -0.1) is 0 Å². The Morgan fingerprint density at radius 1 is 1.28 bits per heavy atom. The molecule has 0 aliphatic heterocycles. The molecule has 0 radical (unpaired) electrons. The van der Waals surface area contributed by atoms with E-state index in [0.717, 1.165) is 0 Å². The molecule has 0 aliphatic rings. The van der Waals surface area contributed by atoms with Crippen LogP contribution in [0.3, 0.4) is 0 Å². The number of hydrogen-bond donors (Lipinski definition) is 3. The molecule has 2 amide bonds. The number of carboxylic acids is 1. The van der Waals surface area contributed by atoms with Gasteiger partial charge in [0.15, 0.2) is 0 Å². The summed E-state index contributed by atoms with van der Waals surface area (Å²) in [4.78, 5) is 22.4. The highest BCUT2D eigenvalue weighted by Crippen LogP contribution is 2.04. The first-order valence-electron chi connectivity index (χ1n) is 5.83. The highest BCUT2D eigenvalue weighted by atomic mass is 32.2. The maximum atomic E-state index is 11.5. The molecule has 7 heteroatoms. The summed E-state index contributed by atoms with van der Waals surface area (Å²) in [6, 6.07) is -1.44. The fourth-order valence-electron chi connectivity index (χ4n) is 1.26. The Balaban J connectivity index is 4.18. The van der Waals surface area contributed by atoms with Gasteiger partial charge in [-0.1, -0.05) is 13.8 Å². The van der Waals surface area contributed by atoms with Crippen LogP contribution in [0.15, 0.2) is 0 Å². The predicted molar refractivity (Wildman–Crippen MR) is 70.9 cm³/mol. The van der Waals surface area contributed by atoms with Gasteiger partial charge in [0.25, 0.3) is 0 Å². The number of amides is 2. The fraction of sp³-hybridized carbons (Fsp3) is 0.818. The van der Waals surface area contributed by atoms with Crippen molar-refractivity contribution in [3.05, 3.63) is 0 Å². The van der Waals surface area contributed by atoms with E-state index < -0.39 is 28.8 Å². The number of carboxylic acid groups (broad SMARTS) is 1. The topological polar surface area (TPSA) is 95.5 Å². The third-order valence-electron chi connectivity index (χ3n) is 2.43. The lowest BCUT2D eigenvalue weighted by atomic mass is 10.0. The van der Waals surface area contributed by atoms with E-state index >= 15 is 0 Å². The largest absolute Gasteiger partial charge is 0.480 e. The van der Waals surface area contributed by atoms with Crippen molar-refractivity contribution >= 4 is 22.8 Å². The first kappa shape index (κ1) is 16.9. The van der Waals surface area contributed by atoms with Crippen LogP contribution in [0, 0.1) is 5.92 Å². The molecule has 0 saturated heterocycles. The SMILES string of the molecule is CC(C)CC(NC(=O)NCC(C)S(C)=O)C(=O)O. The molecule has 0 saturated carbocycles. The van der Waals surface area contributed by atoms with Crippen LogP contribution in [0.2, 0.25) is 0 Å². The smallest absolute Gasteiger partial charge is 0.326 e. The zero-order valence-electron chi connectivity index (χ0n) is 11.2. The molecule has 0 spiro atoms. The number of nitrogens with one attached hydrogen (secondary N) is 2. The molecular formula is C11H22N2O4S. The molecule has 0 aromatic heterocycles. The van der Waals surface area contributed by atoms with Gasteiger partial charge in [0.05, 0.1) is 0 Å². The number of rotatable bonds is 7. The summed E-state index contributed by atoms with van der Waals surface area (Å²) in [6.45, 7) is 5.78. The standard InChI is InChI=1S/C11H22N2O4S/c1-7(2)5-9(10(14)15)13-11(16)12-6-8(3)18(4)17/h7-9H,5-6H2,1-4H3,(H,14,15)(H2,12,13,16). The zero-order valence-corrected chi connectivity index (χ0v) is 12.0. The number of aliphatic carboxylic acids is 1. The van der Waals surface area contributed by atoms with Crippen molar-refractivity contribution in [2.24, 2.45) is 5.92 Å². The lowest BCUT2D eigenvalue weighted by molar-refractivity contribution is -0.139. The first-order valence-corrected chi connectivity index (χ1v) is 7.45. The molecule has 6 nitrogen and oxygen atoms in total. The van der Waals surface area contributed by atoms with Crippen LogP contribution in [0.25, 0.3) is 0 Å². The van der Waals surface area contributed by atoms with Gasteiger partial charge in [-0.3, -0.25) is 4.21 Å². The summed E-state index contributed by atoms with van der Waals surface area (Å²) in [5.41, 5.74) is 0. The van der Waals surface area contributed by atoms with Crippen molar-refractivity contribution in [2.75, 3.05) is 12.8 Å². The second-order valence-corrected chi connectivity index (χ2v) is 6.49. The summed E-state index contributed by atoms with van der Waals surface area (Å²) >= 11 is 0. The second kappa shape index (κ2) is 8.07. The minimum Gasteiger partial charge on any atom is -0.480 e. The maximum Gasteiger partial charge on any atom is 0.326 e. The highest BCUT2D eigenvalue weighted by Gasteiger charge is 2.21. The van der Waals surface area contributed by atoms with Crippen molar-refractivity contribution in [1.82, 2.24) is 10.6 Å². The monoisotopic (exact) mass is 278 g/mol. The van der Waals surface area contributed by atoms with Crippen molar-refractivity contribution in [3.63, 3.8) is 0 Å². The molecule has 0 fully saturated rings. The summed E-state index contributed by atoms with van der Waals surface area (Å²) in [5, 5.41) is 13.7. The van der Waals surface area contributed by atoms with Crippen LogP contribution in [0.5, 0.6) is 0 Å². The molecule has 3 unspecified atom stereocenters. The minimum absolute atomic E-state index is 0.163. The summed E-state index contributed by atoms with van der Waals surface area (Å²) in [7, 11) is -1.02. The Kier molecular flexibility index (Phi) is 7.58. The van der Waals surface area contributed by atoms with Crippen LogP contribution in [0.1, 0.15) is 27.2 Å². The lowest BCUT2D eigenvalue weighted by Gasteiger charge is -2.17. The highest BCUT2D eigenvalue weighted by molar-refractivity contribution is 7.84. The number of carbonyl (C=O) groups is 2. The van der Waals surface area contributed by atoms with Crippen LogP contribution in [-0.2, 0) is 15.6 Å². The fourth-order valence-corrected chi connectivity index (χ4v) is 1.57. The van der Waals surface area contributed by atoms with E-state index in [4.69, 9.17) is 5.11 Å². The van der Waals surface area contributed by atoms with Gasteiger partial charge < -0.3 is 15.7 Å². The Hall–Kier alpha value is -1.11. The summed E-state index contributed by atoms with van der Waals surface area (Å²) in [5.74, 6) is -0.876. The quantitative estimate of drug-likeness (QED) is 0.634. The predicted octanol–water partition coefficient (Wildman–Crippen LogP) is 0.552. The Morgan fingerprint density at radius 2 is 1.83 bits per heavy atom. The number of carbonyl (C=O) groups excluding carboxylic acids is 1. The molecule has 0 aliphatic carbocycles. The molecular weight excluding hydrogens is 256 g/mol. The van der Waals surface area contributed by atoms with E-state index in [0.29, 0.717) is 6.42 Å². The van der Waals surface area contributed by atoms with Gasteiger partial charge in [0, 0.05) is 28.9 Å². The molecule has 0 bridgehead atoms. The average Bonchev–Trinajstić information content (AvgIpc) is 2.23. The molecule has 18 heavy (non-hydrogen) atoms. The summed E-state index contributed by atoms with van der Waals surface area (Å²) < 4.78 is 11.1. The van der Waals surface area contributed by atoms with Crippen molar-refractivity contribution < 1.29 is 18.9 Å². The molecule has 0 heterocycles. The molecule has 3 N–H and O–H groups in total.